The molecule has 0 spiro atoms. The first-order valence-corrected chi connectivity index (χ1v) is 23.3. The number of hydrogen-bond donors (Lipinski definition) is 0. The van der Waals surface area contributed by atoms with Crippen LogP contribution in [0.25, 0.3) is 0 Å². The van der Waals surface area contributed by atoms with Gasteiger partial charge in [-0.2, -0.15) is 0 Å². The first-order valence-electron chi connectivity index (χ1n) is 23.3. The van der Waals surface area contributed by atoms with Gasteiger partial charge in [0.15, 0.2) is 6.10 Å². The molecule has 1 unspecified atom stereocenters. The van der Waals surface area contributed by atoms with Gasteiger partial charge >= 0.3 is 17.9 Å². The minimum Gasteiger partial charge on any atom is -0.462 e. The van der Waals surface area contributed by atoms with Crippen LogP contribution in [0, 0.1) is 0 Å². The molecule has 6 heteroatoms. The van der Waals surface area contributed by atoms with E-state index in [4.69, 9.17) is 14.2 Å². The number of allylic oxidation sites excluding steroid dienone is 10. The Bertz CT molecular complexity index is 1040. The Morgan fingerprint density at radius 3 is 1.11 bits per heavy atom. The molecule has 0 fully saturated rings. The maximum atomic E-state index is 12.7. The fourth-order valence-electron chi connectivity index (χ4n) is 6.31. The van der Waals surface area contributed by atoms with Crippen molar-refractivity contribution in [3.63, 3.8) is 0 Å². The zero-order valence-electron chi connectivity index (χ0n) is 36.6. The van der Waals surface area contributed by atoms with Crippen molar-refractivity contribution in [3.05, 3.63) is 60.8 Å². The van der Waals surface area contributed by atoms with Crippen molar-refractivity contribution in [1.82, 2.24) is 0 Å². The van der Waals surface area contributed by atoms with Crippen molar-refractivity contribution in [2.45, 2.75) is 226 Å². The molecular formula is C50H86O6. The van der Waals surface area contributed by atoms with Gasteiger partial charge in [0.2, 0.25) is 0 Å². The van der Waals surface area contributed by atoms with Crippen molar-refractivity contribution in [2.75, 3.05) is 13.2 Å². The molecule has 0 N–H and O–H groups in total. The highest BCUT2D eigenvalue weighted by molar-refractivity contribution is 5.71. The number of ether oxygens (including phenoxy) is 3. The molecule has 0 aromatic rings. The van der Waals surface area contributed by atoms with Crippen molar-refractivity contribution in [2.24, 2.45) is 0 Å². The van der Waals surface area contributed by atoms with Gasteiger partial charge in [-0.05, 0) is 64.2 Å². The van der Waals surface area contributed by atoms with Crippen molar-refractivity contribution in [3.8, 4) is 0 Å². The second-order valence-corrected chi connectivity index (χ2v) is 15.4. The third-order valence-corrected chi connectivity index (χ3v) is 9.85. The Hall–Kier alpha value is -2.89. The minimum absolute atomic E-state index is 0.0906. The van der Waals surface area contributed by atoms with Crippen LogP contribution in [0.5, 0.6) is 0 Å². The Morgan fingerprint density at radius 2 is 0.696 bits per heavy atom. The molecule has 0 aromatic heterocycles. The summed E-state index contributed by atoms with van der Waals surface area (Å²) < 4.78 is 16.7. The van der Waals surface area contributed by atoms with E-state index in [2.05, 4.69) is 81.5 Å². The molecule has 0 aliphatic heterocycles. The molecule has 0 aliphatic rings. The number of carbonyl (C=O) groups excluding carboxylic acids is 3. The van der Waals surface area contributed by atoms with Gasteiger partial charge in [0.1, 0.15) is 13.2 Å². The number of unbranched alkanes of at least 4 members (excludes halogenated alkanes) is 23. The Balaban J connectivity index is 4.42. The zero-order valence-corrected chi connectivity index (χ0v) is 36.6. The van der Waals surface area contributed by atoms with Crippen molar-refractivity contribution < 1.29 is 28.6 Å². The molecular weight excluding hydrogens is 697 g/mol. The van der Waals surface area contributed by atoms with E-state index < -0.39 is 6.10 Å². The summed E-state index contributed by atoms with van der Waals surface area (Å²) in [5.41, 5.74) is 0. The van der Waals surface area contributed by atoms with Crippen LogP contribution in [0.4, 0.5) is 0 Å². The Kier molecular flexibility index (Phi) is 42.5. The molecule has 0 aliphatic carbocycles. The summed E-state index contributed by atoms with van der Waals surface area (Å²) in [6, 6.07) is 0. The lowest BCUT2D eigenvalue weighted by Crippen LogP contribution is -2.30. The van der Waals surface area contributed by atoms with E-state index in [-0.39, 0.29) is 31.1 Å². The first kappa shape index (κ1) is 53.1. The van der Waals surface area contributed by atoms with Crippen LogP contribution in [0.2, 0.25) is 0 Å². The molecule has 6 nitrogen and oxygen atoms in total. The van der Waals surface area contributed by atoms with Gasteiger partial charge < -0.3 is 14.2 Å². The van der Waals surface area contributed by atoms with Crippen LogP contribution in [-0.2, 0) is 28.6 Å². The van der Waals surface area contributed by atoms with Crippen molar-refractivity contribution >= 4 is 17.9 Å². The van der Waals surface area contributed by atoms with Crippen LogP contribution in [0.3, 0.4) is 0 Å². The first-order chi connectivity index (χ1) is 27.5. The molecule has 0 aromatic carbocycles. The number of rotatable bonds is 41. The second-order valence-electron chi connectivity index (χ2n) is 15.4. The fourth-order valence-corrected chi connectivity index (χ4v) is 6.31. The molecule has 322 valence electrons. The van der Waals surface area contributed by atoms with Gasteiger partial charge in [-0.15, -0.1) is 0 Å². The maximum Gasteiger partial charge on any atom is 0.306 e. The summed E-state index contributed by atoms with van der Waals surface area (Å²) in [6.07, 6.45) is 53.5. The summed E-state index contributed by atoms with van der Waals surface area (Å²) in [5, 5.41) is 0. The fraction of sp³-hybridized carbons (Fsp3) is 0.740. The monoisotopic (exact) mass is 783 g/mol. The second kappa shape index (κ2) is 44.8. The highest BCUT2D eigenvalue weighted by atomic mass is 16.6. The molecule has 0 radical (unpaired) electrons. The molecule has 56 heavy (non-hydrogen) atoms. The quantitative estimate of drug-likeness (QED) is 0.0266. The molecule has 1 atom stereocenters. The van der Waals surface area contributed by atoms with Gasteiger partial charge in [-0.1, -0.05) is 197 Å². The van der Waals surface area contributed by atoms with Crippen molar-refractivity contribution in [1.29, 1.82) is 0 Å². The summed E-state index contributed by atoms with van der Waals surface area (Å²) >= 11 is 0. The number of hydrogen-bond acceptors (Lipinski definition) is 6. The molecule has 0 saturated heterocycles. The van der Waals surface area contributed by atoms with Crippen LogP contribution >= 0.6 is 0 Å². The smallest absolute Gasteiger partial charge is 0.306 e. The SMILES string of the molecule is CC\C=C/C=C\C=C/CCCCCCCC(=O)OC(COC(=O)CCCCC/C=C\C=C/CCCCCCCCC)COC(=O)CCCCCCCCCCC. The van der Waals surface area contributed by atoms with Crippen LogP contribution in [0.1, 0.15) is 220 Å². The lowest BCUT2D eigenvalue weighted by atomic mass is 10.1. The van der Waals surface area contributed by atoms with Gasteiger partial charge in [0.25, 0.3) is 0 Å². The molecule has 0 amide bonds. The largest absolute Gasteiger partial charge is 0.462 e. The average Bonchev–Trinajstić information content (AvgIpc) is 3.19. The lowest BCUT2D eigenvalue weighted by molar-refractivity contribution is -0.167. The molecule has 0 bridgehead atoms. The third-order valence-electron chi connectivity index (χ3n) is 9.85. The van der Waals surface area contributed by atoms with Gasteiger partial charge in [0.05, 0.1) is 0 Å². The summed E-state index contributed by atoms with van der Waals surface area (Å²) in [6.45, 7) is 6.43. The van der Waals surface area contributed by atoms with Crippen LogP contribution in [0.15, 0.2) is 60.8 Å². The van der Waals surface area contributed by atoms with E-state index in [1.165, 1.54) is 83.5 Å². The maximum absolute atomic E-state index is 12.7. The average molecular weight is 783 g/mol. The number of carbonyl (C=O) groups is 3. The predicted molar refractivity (Wildman–Crippen MR) is 238 cm³/mol. The summed E-state index contributed by atoms with van der Waals surface area (Å²) in [7, 11) is 0. The van der Waals surface area contributed by atoms with E-state index in [0.717, 1.165) is 96.3 Å². The topological polar surface area (TPSA) is 78.9 Å². The minimum atomic E-state index is -0.791. The van der Waals surface area contributed by atoms with Gasteiger partial charge in [-0.25, -0.2) is 0 Å². The third kappa shape index (κ3) is 42.3. The molecule has 0 heterocycles. The van der Waals surface area contributed by atoms with E-state index in [9.17, 15) is 14.4 Å². The van der Waals surface area contributed by atoms with E-state index in [1.807, 2.05) is 0 Å². The standard InChI is InChI=1S/C50H86O6/c1-4-7-10-13-16-19-21-23-24-25-27-28-31-34-37-40-43-49(52)55-46-47(45-54-48(51)42-39-36-33-30-18-15-12-9-6-3)56-50(53)44-41-38-35-32-29-26-22-20-17-14-11-8-5-2/h8,11,14,17,20,22,24-25,27-28,47H,4-7,9-10,12-13,15-16,18-19,21,23,26,29-46H2,1-3H3/b11-8-,17-14-,22-20-,25-24-,28-27-. The normalized spacial score (nSPS) is 12.6. The van der Waals surface area contributed by atoms with E-state index in [1.54, 1.807) is 0 Å². The van der Waals surface area contributed by atoms with E-state index in [0.29, 0.717) is 19.3 Å². The summed E-state index contributed by atoms with van der Waals surface area (Å²) in [5.74, 6) is -0.944. The number of esters is 3. The highest BCUT2D eigenvalue weighted by Crippen LogP contribution is 2.13. The highest BCUT2D eigenvalue weighted by Gasteiger charge is 2.19. The Morgan fingerprint density at radius 1 is 0.375 bits per heavy atom. The van der Waals surface area contributed by atoms with Crippen LogP contribution < -0.4 is 0 Å². The van der Waals surface area contributed by atoms with E-state index >= 15 is 0 Å². The van der Waals surface area contributed by atoms with Gasteiger partial charge in [-0.3, -0.25) is 14.4 Å². The lowest BCUT2D eigenvalue weighted by Gasteiger charge is -2.18. The zero-order chi connectivity index (χ0) is 40.8. The Labute approximate surface area is 345 Å². The van der Waals surface area contributed by atoms with Gasteiger partial charge in [0, 0.05) is 19.3 Å². The van der Waals surface area contributed by atoms with Crippen LogP contribution in [-0.4, -0.2) is 37.2 Å². The predicted octanol–water partition coefficient (Wildman–Crippen LogP) is 14.9. The molecule has 0 saturated carbocycles. The summed E-state index contributed by atoms with van der Waals surface area (Å²) in [4.78, 5) is 37.7. The molecule has 0 rings (SSSR count).